The maximum atomic E-state index is 11.7. The zero-order chi connectivity index (χ0) is 9.60. The molecule has 1 aliphatic heterocycles. The van der Waals surface area contributed by atoms with E-state index in [4.69, 9.17) is 0 Å². The van der Waals surface area contributed by atoms with Crippen LogP contribution < -0.4 is 5.32 Å². The number of piperidine rings is 1. The standard InChI is InChI=1S/C12H19NO/c14-10-7-9-3-1-5-12(8-10)11(9)4-2-6-13-12/h9,11,13H,1-8H2/t9-,11+,12-/m0/s1. The van der Waals surface area contributed by atoms with Gasteiger partial charge in [-0.2, -0.15) is 0 Å². The van der Waals surface area contributed by atoms with Crippen molar-refractivity contribution in [2.24, 2.45) is 11.8 Å². The lowest BCUT2D eigenvalue weighted by atomic mass is 9.57. The van der Waals surface area contributed by atoms with Crippen LogP contribution in [0, 0.1) is 11.8 Å². The number of hydrogen-bond donors (Lipinski definition) is 1. The van der Waals surface area contributed by atoms with Crippen molar-refractivity contribution in [2.45, 2.75) is 50.5 Å². The van der Waals surface area contributed by atoms with Gasteiger partial charge in [0.2, 0.25) is 0 Å². The molecule has 0 aromatic carbocycles. The molecule has 0 amide bonds. The summed E-state index contributed by atoms with van der Waals surface area (Å²) in [4.78, 5) is 11.7. The summed E-state index contributed by atoms with van der Waals surface area (Å²) in [7, 11) is 0. The molecule has 3 aliphatic rings. The van der Waals surface area contributed by atoms with Gasteiger partial charge in [-0.05, 0) is 44.1 Å². The molecule has 0 aromatic heterocycles. The maximum absolute atomic E-state index is 11.7. The van der Waals surface area contributed by atoms with E-state index in [-0.39, 0.29) is 5.54 Å². The average Bonchev–Trinajstić information content (AvgIpc) is 2.16. The zero-order valence-electron chi connectivity index (χ0n) is 8.72. The Bertz CT molecular complexity index is 259. The highest BCUT2D eigenvalue weighted by Crippen LogP contribution is 2.49. The van der Waals surface area contributed by atoms with Crippen molar-refractivity contribution >= 4 is 5.78 Å². The molecule has 3 rings (SSSR count). The van der Waals surface area contributed by atoms with Gasteiger partial charge in [0.05, 0.1) is 0 Å². The summed E-state index contributed by atoms with van der Waals surface area (Å²) in [5.74, 6) is 2.06. The molecular formula is C12H19NO. The summed E-state index contributed by atoms with van der Waals surface area (Å²) in [5.41, 5.74) is 0.247. The Kier molecular flexibility index (Phi) is 1.94. The van der Waals surface area contributed by atoms with Crippen LogP contribution in [-0.4, -0.2) is 17.9 Å². The van der Waals surface area contributed by atoms with E-state index in [0.29, 0.717) is 5.78 Å². The summed E-state index contributed by atoms with van der Waals surface area (Å²) in [6.45, 7) is 1.14. The predicted molar refractivity (Wildman–Crippen MR) is 55.0 cm³/mol. The molecule has 3 atom stereocenters. The molecule has 78 valence electrons. The Labute approximate surface area is 85.4 Å². The topological polar surface area (TPSA) is 29.1 Å². The molecule has 2 saturated carbocycles. The van der Waals surface area contributed by atoms with Crippen LogP contribution in [0.1, 0.15) is 44.9 Å². The van der Waals surface area contributed by atoms with Crippen LogP contribution in [0.15, 0.2) is 0 Å². The van der Waals surface area contributed by atoms with Gasteiger partial charge in [0.15, 0.2) is 0 Å². The second-order valence-corrected chi connectivity index (χ2v) is 5.40. The van der Waals surface area contributed by atoms with Crippen molar-refractivity contribution in [1.29, 1.82) is 0 Å². The number of ketones is 1. The highest BCUT2D eigenvalue weighted by Gasteiger charge is 2.51. The summed E-state index contributed by atoms with van der Waals surface area (Å²) in [6, 6.07) is 0. The average molecular weight is 193 g/mol. The minimum Gasteiger partial charge on any atom is -0.311 e. The highest BCUT2D eigenvalue weighted by molar-refractivity contribution is 5.81. The van der Waals surface area contributed by atoms with Crippen molar-refractivity contribution in [1.82, 2.24) is 5.32 Å². The summed E-state index contributed by atoms with van der Waals surface area (Å²) < 4.78 is 0. The molecule has 0 unspecified atom stereocenters. The smallest absolute Gasteiger partial charge is 0.135 e. The lowest BCUT2D eigenvalue weighted by Crippen LogP contribution is -2.62. The quantitative estimate of drug-likeness (QED) is 0.636. The van der Waals surface area contributed by atoms with Crippen LogP contribution in [0.5, 0.6) is 0 Å². The van der Waals surface area contributed by atoms with Gasteiger partial charge < -0.3 is 5.32 Å². The summed E-state index contributed by atoms with van der Waals surface area (Å²) in [5, 5.41) is 3.68. The SMILES string of the molecule is O=C1C[C@@H]2CCC[C@@]3(C1)NCCC[C@H]23. The number of Topliss-reactive ketones (excluding diaryl/α,β-unsaturated/α-hetero) is 1. The van der Waals surface area contributed by atoms with Crippen LogP contribution in [0.2, 0.25) is 0 Å². The fourth-order valence-electron chi connectivity index (χ4n) is 4.15. The summed E-state index contributed by atoms with van der Waals surface area (Å²) in [6.07, 6.45) is 8.28. The first-order chi connectivity index (χ1) is 6.80. The number of carbonyl (C=O) groups is 1. The van der Waals surface area contributed by atoms with Crippen molar-refractivity contribution < 1.29 is 4.79 Å². The Balaban J connectivity index is 1.93. The lowest BCUT2D eigenvalue weighted by molar-refractivity contribution is -0.130. The second kappa shape index (κ2) is 3.06. The van der Waals surface area contributed by atoms with Gasteiger partial charge in [-0.15, -0.1) is 0 Å². The fourth-order valence-corrected chi connectivity index (χ4v) is 4.15. The van der Waals surface area contributed by atoms with E-state index >= 15 is 0 Å². The Morgan fingerprint density at radius 1 is 1.29 bits per heavy atom. The third kappa shape index (κ3) is 1.16. The van der Waals surface area contributed by atoms with Crippen LogP contribution >= 0.6 is 0 Å². The van der Waals surface area contributed by atoms with E-state index in [1.807, 2.05) is 0 Å². The van der Waals surface area contributed by atoms with Gasteiger partial charge in [0, 0.05) is 18.4 Å². The van der Waals surface area contributed by atoms with Gasteiger partial charge in [-0.1, -0.05) is 6.42 Å². The number of rotatable bonds is 0. The molecular weight excluding hydrogens is 174 g/mol. The molecule has 1 saturated heterocycles. The van der Waals surface area contributed by atoms with Gasteiger partial charge >= 0.3 is 0 Å². The van der Waals surface area contributed by atoms with Gasteiger partial charge in [-0.3, -0.25) is 4.79 Å². The largest absolute Gasteiger partial charge is 0.311 e. The lowest BCUT2D eigenvalue weighted by Gasteiger charge is -2.54. The molecule has 2 bridgehead atoms. The fraction of sp³-hybridized carbons (Fsp3) is 0.917. The van der Waals surface area contributed by atoms with Crippen molar-refractivity contribution in [3.8, 4) is 0 Å². The van der Waals surface area contributed by atoms with Crippen molar-refractivity contribution in [2.75, 3.05) is 6.54 Å². The Hall–Kier alpha value is -0.370. The number of hydrogen-bond acceptors (Lipinski definition) is 2. The Morgan fingerprint density at radius 2 is 2.21 bits per heavy atom. The molecule has 1 N–H and O–H groups in total. The molecule has 0 spiro atoms. The van der Waals surface area contributed by atoms with E-state index in [9.17, 15) is 4.79 Å². The number of carbonyl (C=O) groups excluding carboxylic acids is 1. The Morgan fingerprint density at radius 3 is 3.14 bits per heavy atom. The van der Waals surface area contributed by atoms with Crippen LogP contribution in [0.25, 0.3) is 0 Å². The van der Waals surface area contributed by atoms with E-state index in [0.717, 1.165) is 31.2 Å². The minimum absolute atomic E-state index is 0.247. The first-order valence-corrected chi connectivity index (χ1v) is 6.07. The predicted octanol–water partition coefficient (Wildman–Crippen LogP) is 1.89. The van der Waals surface area contributed by atoms with Crippen molar-refractivity contribution in [3.05, 3.63) is 0 Å². The molecule has 1 heterocycles. The summed E-state index contributed by atoms with van der Waals surface area (Å²) >= 11 is 0. The van der Waals surface area contributed by atoms with Crippen LogP contribution in [0.4, 0.5) is 0 Å². The van der Waals surface area contributed by atoms with Gasteiger partial charge in [-0.25, -0.2) is 0 Å². The molecule has 0 aromatic rings. The molecule has 0 radical (unpaired) electrons. The first kappa shape index (κ1) is 8.90. The first-order valence-electron chi connectivity index (χ1n) is 6.07. The van der Waals surface area contributed by atoms with Gasteiger partial charge in [0.25, 0.3) is 0 Å². The monoisotopic (exact) mass is 193 g/mol. The molecule has 2 nitrogen and oxygen atoms in total. The molecule has 2 aliphatic carbocycles. The van der Waals surface area contributed by atoms with E-state index in [1.54, 1.807) is 0 Å². The second-order valence-electron chi connectivity index (χ2n) is 5.40. The van der Waals surface area contributed by atoms with E-state index < -0.39 is 0 Å². The zero-order valence-corrected chi connectivity index (χ0v) is 8.72. The van der Waals surface area contributed by atoms with E-state index in [1.165, 1.54) is 32.1 Å². The van der Waals surface area contributed by atoms with E-state index in [2.05, 4.69) is 5.32 Å². The van der Waals surface area contributed by atoms with Crippen LogP contribution in [0.3, 0.4) is 0 Å². The maximum Gasteiger partial charge on any atom is 0.135 e. The normalized spacial score (nSPS) is 47.3. The molecule has 14 heavy (non-hydrogen) atoms. The van der Waals surface area contributed by atoms with Crippen molar-refractivity contribution in [3.63, 3.8) is 0 Å². The third-order valence-corrected chi connectivity index (χ3v) is 4.65. The molecule has 2 heteroatoms. The third-order valence-electron chi connectivity index (χ3n) is 4.65. The number of nitrogens with one attached hydrogen (secondary N) is 1. The van der Waals surface area contributed by atoms with Gasteiger partial charge in [0.1, 0.15) is 5.78 Å². The highest BCUT2D eigenvalue weighted by atomic mass is 16.1. The molecule has 3 fully saturated rings. The van der Waals surface area contributed by atoms with Crippen LogP contribution in [-0.2, 0) is 4.79 Å². The minimum atomic E-state index is 0.247.